The fourth-order valence-electron chi connectivity index (χ4n) is 2.32. The summed E-state index contributed by atoms with van der Waals surface area (Å²) in [5, 5.41) is 4.66. The smallest absolute Gasteiger partial charge is 0.0726 e. The number of nitrogens with one attached hydrogen (secondary N) is 1. The molecule has 0 saturated heterocycles. The van der Waals surface area contributed by atoms with Crippen molar-refractivity contribution < 1.29 is 0 Å². The Labute approximate surface area is 118 Å². The minimum atomic E-state index is 0.764. The molecule has 3 heteroatoms. The molecule has 0 bridgehead atoms. The molecule has 3 rings (SSSR count). The van der Waals surface area contributed by atoms with Gasteiger partial charge in [-0.2, -0.15) is 0 Å². The van der Waals surface area contributed by atoms with Crippen molar-refractivity contribution in [2.24, 2.45) is 0 Å². The average molecular weight is 263 g/mol. The maximum absolute atomic E-state index is 4.58. The van der Waals surface area contributed by atoms with Crippen LogP contribution in [0.25, 0.3) is 10.9 Å². The van der Waals surface area contributed by atoms with Crippen molar-refractivity contribution in [3.05, 3.63) is 65.6 Å². The van der Waals surface area contributed by atoms with E-state index in [4.69, 9.17) is 0 Å². The zero-order valence-electron chi connectivity index (χ0n) is 11.7. The molecule has 0 unspecified atom stereocenters. The summed E-state index contributed by atoms with van der Waals surface area (Å²) in [5.74, 6) is 0. The SMILES string of the molecule is Cc1ccc2nc(C)cc(NCc3cccnc3)c2c1. The van der Waals surface area contributed by atoms with Gasteiger partial charge in [-0.15, -0.1) is 0 Å². The summed E-state index contributed by atoms with van der Waals surface area (Å²) in [6, 6.07) is 12.5. The largest absolute Gasteiger partial charge is 0.380 e. The molecule has 2 heterocycles. The summed E-state index contributed by atoms with van der Waals surface area (Å²) in [6.45, 7) is 4.89. The quantitative estimate of drug-likeness (QED) is 0.779. The molecule has 3 aromatic rings. The molecule has 0 radical (unpaired) electrons. The van der Waals surface area contributed by atoms with E-state index in [1.807, 2.05) is 19.2 Å². The second kappa shape index (κ2) is 5.29. The highest BCUT2D eigenvalue weighted by atomic mass is 14.9. The summed E-state index contributed by atoms with van der Waals surface area (Å²) in [7, 11) is 0. The molecule has 0 saturated carbocycles. The van der Waals surface area contributed by atoms with Gasteiger partial charge >= 0.3 is 0 Å². The lowest BCUT2D eigenvalue weighted by molar-refractivity contribution is 1.11. The van der Waals surface area contributed by atoms with E-state index in [9.17, 15) is 0 Å². The third-order valence-electron chi connectivity index (χ3n) is 3.30. The highest BCUT2D eigenvalue weighted by molar-refractivity contribution is 5.91. The van der Waals surface area contributed by atoms with Crippen molar-refractivity contribution in [2.45, 2.75) is 20.4 Å². The number of aromatic nitrogens is 2. The van der Waals surface area contributed by atoms with Crippen molar-refractivity contribution >= 4 is 16.6 Å². The second-order valence-corrected chi connectivity index (χ2v) is 5.05. The first-order valence-electron chi connectivity index (χ1n) is 6.73. The minimum Gasteiger partial charge on any atom is -0.380 e. The Kier molecular flexibility index (Phi) is 3.33. The first-order chi connectivity index (χ1) is 9.72. The second-order valence-electron chi connectivity index (χ2n) is 5.05. The van der Waals surface area contributed by atoms with Gasteiger partial charge in [-0.3, -0.25) is 9.97 Å². The van der Waals surface area contributed by atoms with E-state index in [1.165, 1.54) is 16.5 Å². The lowest BCUT2D eigenvalue weighted by atomic mass is 10.1. The number of aryl methyl sites for hydroxylation is 2. The third-order valence-corrected chi connectivity index (χ3v) is 3.30. The molecular weight excluding hydrogens is 246 g/mol. The number of hydrogen-bond donors (Lipinski definition) is 1. The highest BCUT2D eigenvalue weighted by Gasteiger charge is 2.04. The van der Waals surface area contributed by atoms with Crippen molar-refractivity contribution in [1.82, 2.24) is 9.97 Å². The predicted octanol–water partition coefficient (Wildman–Crippen LogP) is 3.86. The minimum absolute atomic E-state index is 0.764. The lowest BCUT2D eigenvalue weighted by Gasteiger charge is -2.11. The van der Waals surface area contributed by atoms with Crippen LogP contribution in [0.5, 0.6) is 0 Å². The molecule has 0 aliphatic carbocycles. The van der Waals surface area contributed by atoms with Gasteiger partial charge in [-0.1, -0.05) is 17.7 Å². The van der Waals surface area contributed by atoms with Gasteiger partial charge in [0.1, 0.15) is 0 Å². The number of pyridine rings is 2. The maximum atomic E-state index is 4.58. The first-order valence-corrected chi connectivity index (χ1v) is 6.73. The van der Waals surface area contributed by atoms with E-state index in [0.717, 1.165) is 23.4 Å². The van der Waals surface area contributed by atoms with Gasteiger partial charge < -0.3 is 5.32 Å². The Bertz CT molecular complexity index is 736. The summed E-state index contributed by atoms with van der Waals surface area (Å²) in [6.07, 6.45) is 3.67. The van der Waals surface area contributed by atoms with Crippen molar-refractivity contribution in [1.29, 1.82) is 0 Å². The van der Waals surface area contributed by atoms with Crippen LogP contribution >= 0.6 is 0 Å². The molecule has 1 N–H and O–H groups in total. The molecule has 0 spiro atoms. The molecule has 0 amide bonds. The Hall–Kier alpha value is -2.42. The molecule has 0 atom stereocenters. The van der Waals surface area contributed by atoms with Crippen LogP contribution in [-0.4, -0.2) is 9.97 Å². The van der Waals surface area contributed by atoms with Crippen LogP contribution in [0.1, 0.15) is 16.8 Å². The Balaban J connectivity index is 1.96. The van der Waals surface area contributed by atoms with Crippen LogP contribution < -0.4 is 5.32 Å². The van der Waals surface area contributed by atoms with Crippen molar-refractivity contribution in [2.75, 3.05) is 5.32 Å². The standard InChI is InChI=1S/C17H17N3/c1-12-5-6-16-15(8-12)17(9-13(2)20-16)19-11-14-4-3-7-18-10-14/h3-10H,11H2,1-2H3,(H,19,20). The van der Waals surface area contributed by atoms with Crippen molar-refractivity contribution in [3.63, 3.8) is 0 Å². The number of fused-ring (bicyclic) bond motifs is 1. The molecule has 1 aromatic carbocycles. The van der Waals surface area contributed by atoms with Gasteiger partial charge in [0.25, 0.3) is 0 Å². The number of hydrogen-bond acceptors (Lipinski definition) is 3. The lowest BCUT2D eigenvalue weighted by Crippen LogP contribution is -2.01. The number of anilines is 1. The molecule has 3 nitrogen and oxygen atoms in total. The van der Waals surface area contributed by atoms with Crippen LogP contribution in [0.4, 0.5) is 5.69 Å². The number of benzene rings is 1. The molecule has 0 aliphatic heterocycles. The zero-order chi connectivity index (χ0) is 13.9. The van der Waals surface area contributed by atoms with Crippen LogP contribution in [0.2, 0.25) is 0 Å². The van der Waals surface area contributed by atoms with Gasteiger partial charge in [0.15, 0.2) is 0 Å². The first kappa shape index (κ1) is 12.6. The summed E-state index contributed by atoms with van der Waals surface area (Å²) in [4.78, 5) is 8.72. The van der Waals surface area contributed by atoms with Gasteiger partial charge in [-0.25, -0.2) is 0 Å². The Morgan fingerprint density at radius 3 is 2.80 bits per heavy atom. The Morgan fingerprint density at radius 2 is 2.00 bits per heavy atom. The molecule has 100 valence electrons. The van der Waals surface area contributed by atoms with Crippen LogP contribution in [-0.2, 0) is 6.54 Å². The van der Waals surface area contributed by atoms with Gasteiger partial charge in [-0.05, 0) is 43.7 Å². The van der Waals surface area contributed by atoms with E-state index in [1.54, 1.807) is 6.20 Å². The number of rotatable bonds is 3. The summed E-state index contributed by atoms with van der Waals surface area (Å²) >= 11 is 0. The molecular formula is C17H17N3. The van der Waals surface area contributed by atoms with E-state index >= 15 is 0 Å². The van der Waals surface area contributed by atoms with Gasteiger partial charge in [0.05, 0.1) is 5.52 Å². The predicted molar refractivity (Wildman–Crippen MR) is 82.8 cm³/mol. The highest BCUT2D eigenvalue weighted by Crippen LogP contribution is 2.24. The normalized spacial score (nSPS) is 10.7. The van der Waals surface area contributed by atoms with Crippen LogP contribution in [0.3, 0.4) is 0 Å². The monoisotopic (exact) mass is 263 g/mol. The molecule has 2 aromatic heterocycles. The third kappa shape index (κ3) is 2.62. The average Bonchev–Trinajstić information content (AvgIpc) is 2.46. The van der Waals surface area contributed by atoms with Gasteiger partial charge in [0, 0.05) is 35.7 Å². The van der Waals surface area contributed by atoms with E-state index in [-0.39, 0.29) is 0 Å². The number of nitrogens with zero attached hydrogens (tertiary/aromatic N) is 2. The molecule has 0 fully saturated rings. The van der Waals surface area contributed by atoms with Gasteiger partial charge in [0.2, 0.25) is 0 Å². The summed E-state index contributed by atoms with van der Waals surface area (Å²) in [5.41, 5.74) is 5.59. The van der Waals surface area contributed by atoms with E-state index in [0.29, 0.717) is 0 Å². The molecule has 0 aliphatic rings. The maximum Gasteiger partial charge on any atom is 0.0726 e. The van der Waals surface area contributed by atoms with Crippen LogP contribution in [0.15, 0.2) is 48.8 Å². The van der Waals surface area contributed by atoms with E-state index < -0.39 is 0 Å². The Morgan fingerprint density at radius 1 is 1.10 bits per heavy atom. The van der Waals surface area contributed by atoms with Crippen molar-refractivity contribution in [3.8, 4) is 0 Å². The zero-order valence-corrected chi connectivity index (χ0v) is 11.7. The summed E-state index contributed by atoms with van der Waals surface area (Å²) < 4.78 is 0. The molecule has 20 heavy (non-hydrogen) atoms. The van der Waals surface area contributed by atoms with Crippen LogP contribution in [0, 0.1) is 13.8 Å². The topological polar surface area (TPSA) is 37.8 Å². The fourth-order valence-corrected chi connectivity index (χ4v) is 2.32. The fraction of sp³-hybridized carbons (Fsp3) is 0.176. The van der Waals surface area contributed by atoms with E-state index in [2.05, 4.69) is 52.5 Å².